The van der Waals surface area contributed by atoms with Crippen LogP contribution in [0, 0.1) is 18.3 Å². The molecular weight excluding hydrogens is 220 g/mol. The third-order valence-electron chi connectivity index (χ3n) is 4.72. The van der Waals surface area contributed by atoms with Crippen LogP contribution in [0.1, 0.15) is 57.1 Å². The largest absolute Gasteiger partial charge is 0.393 e. The monoisotopic (exact) mass is 246 g/mol. The van der Waals surface area contributed by atoms with Gasteiger partial charge in [0.2, 0.25) is 0 Å². The van der Waals surface area contributed by atoms with Gasteiger partial charge in [-0.05, 0) is 61.5 Å². The first-order chi connectivity index (χ1) is 8.42. The van der Waals surface area contributed by atoms with Crippen molar-refractivity contribution >= 4 is 0 Å². The topological polar surface area (TPSA) is 20.2 Å². The van der Waals surface area contributed by atoms with Crippen molar-refractivity contribution in [1.29, 1.82) is 0 Å². The first-order valence-electron chi connectivity index (χ1n) is 7.15. The standard InChI is InChI=1S/C17H26O/c1-12-7-5-6-8-14(12)15-11-17(3,4)16(15)10-9-13(2)18/h5-8,13,15-16,18H,9-11H2,1-4H3/t13-,15?,16-/m1/s1. The number of aliphatic hydroxyl groups excluding tert-OH is 1. The second-order valence-electron chi connectivity index (χ2n) is 6.69. The van der Waals surface area contributed by atoms with E-state index in [1.807, 2.05) is 6.92 Å². The van der Waals surface area contributed by atoms with E-state index in [-0.39, 0.29) is 6.10 Å². The molecule has 1 aliphatic carbocycles. The zero-order valence-corrected chi connectivity index (χ0v) is 12.1. The SMILES string of the molecule is Cc1ccccc1C1CC(C)(C)[C@@H]1CC[C@@H](C)O. The van der Waals surface area contributed by atoms with Gasteiger partial charge in [0.1, 0.15) is 0 Å². The Labute approximate surface area is 111 Å². The summed E-state index contributed by atoms with van der Waals surface area (Å²) in [6.45, 7) is 8.85. The third-order valence-corrected chi connectivity index (χ3v) is 4.72. The fourth-order valence-corrected chi connectivity index (χ4v) is 3.59. The molecule has 0 aliphatic heterocycles. The normalized spacial score (nSPS) is 27.6. The number of benzene rings is 1. The maximum Gasteiger partial charge on any atom is 0.0512 e. The molecule has 0 amide bonds. The molecule has 18 heavy (non-hydrogen) atoms. The number of hydrogen-bond donors (Lipinski definition) is 1. The van der Waals surface area contributed by atoms with Crippen LogP contribution in [0.5, 0.6) is 0 Å². The van der Waals surface area contributed by atoms with Crippen molar-refractivity contribution in [2.75, 3.05) is 0 Å². The van der Waals surface area contributed by atoms with E-state index < -0.39 is 0 Å². The average Bonchev–Trinajstić information content (AvgIpc) is 2.27. The summed E-state index contributed by atoms with van der Waals surface area (Å²) >= 11 is 0. The number of rotatable bonds is 4. The smallest absolute Gasteiger partial charge is 0.0512 e. The Kier molecular flexibility index (Phi) is 3.82. The number of aryl methyl sites for hydroxylation is 1. The van der Waals surface area contributed by atoms with E-state index in [0.717, 1.165) is 12.8 Å². The van der Waals surface area contributed by atoms with Crippen LogP contribution >= 0.6 is 0 Å². The molecule has 1 heteroatoms. The zero-order chi connectivity index (χ0) is 13.3. The van der Waals surface area contributed by atoms with Gasteiger partial charge in [-0.2, -0.15) is 0 Å². The predicted molar refractivity (Wildman–Crippen MR) is 76.7 cm³/mol. The fraction of sp³-hybridized carbons (Fsp3) is 0.647. The molecule has 100 valence electrons. The van der Waals surface area contributed by atoms with Crippen molar-refractivity contribution in [1.82, 2.24) is 0 Å². The minimum absolute atomic E-state index is 0.168. The summed E-state index contributed by atoms with van der Waals surface area (Å²) in [5.41, 5.74) is 3.37. The summed E-state index contributed by atoms with van der Waals surface area (Å²) < 4.78 is 0. The Hall–Kier alpha value is -0.820. The van der Waals surface area contributed by atoms with Gasteiger partial charge in [-0.15, -0.1) is 0 Å². The van der Waals surface area contributed by atoms with Crippen LogP contribution < -0.4 is 0 Å². The molecule has 0 saturated heterocycles. The van der Waals surface area contributed by atoms with Crippen LogP contribution in [0.2, 0.25) is 0 Å². The Bertz CT molecular complexity index is 406. The van der Waals surface area contributed by atoms with Gasteiger partial charge in [-0.25, -0.2) is 0 Å². The van der Waals surface area contributed by atoms with Gasteiger partial charge in [-0.3, -0.25) is 0 Å². The lowest BCUT2D eigenvalue weighted by atomic mass is 9.52. The predicted octanol–water partition coefficient (Wildman–Crippen LogP) is 4.29. The molecule has 0 radical (unpaired) electrons. The molecule has 0 bridgehead atoms. The van der Waals surface area contributed by atoms with Crippen LogP contribution in [-0.2, 0) is 0 Å². The second kappa shape index (κ2) is 5.05. The fourth-order valence-electron chi connectivity index (χ4n) is 3.59. The Morgan fingerprint density at radius 3 is 2.56 bits per heavy atom. The van der Waals surface area contributed by atoms with Crippen molar-refractivity contribution in [2.24, 2.45) is 11.3 Å². The number of hydrogen-bond acceptors (Lipinski definition) is 1. The summed E-state index contributed by atoms with van der Waals surface area (Å²) in [7, 11) is 0. The quantitative estimate of drug-likeness (QED) is 0.840. The lowest BCUT2D eigenvalue weighted by Gasteiger charge is -2.53. The molecule has 1 unspecified atom stereocenters. The van der Waals surface area contributed by atoms with E-state index >= 15 is 0 Å². The van der Waals surface area contributed by atoms with Gasteiger partial charge in [-0.1, -0.05) is 38.1 Å². The van der Waals surface area contributed by atoms with Crippen molar-refractivity contribution < 1.29 is 5.11 Å². The van der Waals surface area contributed by atoms with Crippen LogP contribution in [0.25, 0.3) is 0 Å². The van der Waals surface area contributed by atoms with Crippen LogP contribution in [0.3, 0.4) is 0 Å². The molecule has 0 spiro atoms. The Morgan fingerprint density at radius 2 is 2.00 bits per heavy atom. The molecule has 2 rings (SSSR count). The maximum atomic E-state index is 9.50. The van der Waals surface area contributed by atoms with Gasteiger partial charge < -0.3 is 5.11 Å². The minimum Gasteiger partial charge on any atom is -0.393 e. The van der Waals surface area contributed by atoms with Crippen LogP contribution in [0.15, 0.2) is 24.3 Å². The van der Waals surface area contributed by atoms with E-state index in [9.17, 15) is 5.11 Å². The minimum atomic E-state index is -0.168. The van der Waals surface area contributed by atoms with Gasteiger partial charge in [0.05, 0.1) is 6.10 Å². The van der Waals surface area contributed by atoms with E-state index in [2.05, 4.69) is 45.0 Å². The second-order valence-corrected chi connectivity index (χ2v) is 6.69. The molecule has 1 fully saturated rings. The highest BCUT2D eigenvalue weighted by atomic mass is 16.3. The van der Waals surface area contributed by atoms with E-state index in [0.29, 0.717) is 17.3 Å². The average molecular weight is 246 g/mol. The summed E-state index contributed by atoms with van der Waals surface area (Å²) in [6.07, 6.45) is 3.18. The lowest BCUT2D eigenvalue weighted by molar-refractivity contribution is 0.0190. The van der Waals surface area contributed by atoms with E-state index in [1.54, 1.807) is 0 Å². The van der Waals surface area contributed by atoms with Gasteiger partial charge in [0.15, 0.2) is 0 Å². The maximum absolute atomic E-state index is 9.50. The van der Waals surface area contributed by atoms with Gasteiger partial charge in [0, 0.05) is 0 Å². The van der Waals surface area contributed by atoms with Crippen molar-refractivity contribution in [3.8, 4) is 0 Å². The van der Waals surface area contributed by atoms with Crippen molar-refractivity contribution in [3.63, 3.8) is 0 Å². The molecule has 0 aromatic heterocycles. The molecule has 1 N–H and O–H groups in total. The molecule has 3 atom stereocenters. The highest BCUT2D eigenvalue weighted by Gasteiger charge is 2.47. The highest BCUT2D eigenvalue weighted by molar-refractivity contribution is 5.32. The molecule has 0 heterocycles. The number of aliphatic hydroxyl groups is 1. The highest BCUT2D eigenvalue weighted by Crippen LogP contribution is 2.58. The molecule has 1 nitrogen and oxygen atoms in total. The van der Waals surface area contributed by atoms with Gasteiger partial charge in [0.25, 0.3) is 0 Å². The van der Waals surface area contributed by atoms with Gasteiger partial charge >= 0.3 is 0 Å². The lowest BCUT2D eigenvalue weighted by Crippen LogP contribution is -2.42. The Balaban J connectivity index is 2.12. The summed E-state index contributed by atoms with van der Waals surface area (Å²) in [6, 6.07) is 8.77. The molecule has 1 aromatic rings. The zero-order valence-electron chi connectivity index (χ0n) is 12.1. The van der Waals surface area contributed by atoms with Crippen LogP contribution in [-0.4, -0.2) is 11.2 Å². The van der Waals surface area contributed by atoms with Crippen LogP contribution in [0.4, 0.5) is 0 Å². The first kappa shape index (κ1) is 13.6. The molecule has 1 aromatic carbocycles. The van der Waals surface area contributed by atoms with Crippen molar-refractivity contribution in [2.45, 2.75) is 59.0 Å². The van der Waals surface area contributed by atoms with Crippen molar-refractivity contribution in [3.05, 3.63) is 35.4 Å². The third kappa shape index (κ3) is 2.61. The first-order valence-corrected chi connectivity index (χ1v) is 7.15. The summed E-state index contributed by atoms with van der Waals surface area (Å²) in [5, 5.41) is 9.50. The van der Waals surface area contributed by atoms with E-state index in [4.69, 9.17) is 0 Å². The molecule has 1 aliphatic rings. The summed E-state index contributed by atoms with van der Waals surface area (Å²) in [4.78, 5) is 0. The Morgan fingerprint density at radius 1 is 1.33 bits per heavy atom. The molecule has 1 saturated carbocycles. The molecular formula is C17H26O. The summed E-state index contributed by atoms with van der Waals surface area (Å²) in [5.74, 6) is 1.41. The van der Waals surface area contributed by atoms with E-state index in [1.165, 1.54) is 17.5 Å².